The highest BCUT2D eigenvalue weighted by atomic mass is 19.1. The number of nitrogens with zero attached hydrogens (tertiary/aromatic N) is 2. The zero-order valence-corrected chi connectivity index (χ0v) is 18.9. The number of halogens is 2. The Balaban J connectivity index is 1.31. The van der Waals surface area contributed by atoms with Crippen LogP contribution in [0.4, 0.5) is 20.2 Å². The van der Waals surface area contributed by atoms with Crippen LogP contribution in [0.25, 0.3) is 0 Å². The van der Waals surface area contributed by atoms with Gasteiger partial charge < -0.3 is 19.7 Å². The molecule has 0 atom stereocenters. The van der Waals surface area contributed by atoms with Crippen molar-refractivity contribution in [1.29, 1.82) is 5.26 Å². The van der Waals surface area contributed by atoms with Gasteiger partial charge in [0.25, 0.3) is 5.91 Å². The third-order valence-corrected chi connectivity index (χ3v) is 6.30. The lowest BCUT2D eigenvalue weighted by molar-refractivity contribution is 0.102. The van der Waals surface area contributed by atoms with Crippen molar-refractivity contribution < 1.29 is 23.0 Å². The third-order valence-electron chi connectivity index (χ3n) is 6.30. The van der Waals surface area contributed by atoms with Gasteiger partial charge in [0.1, 0.15) is 17.7 Å². The number of benzene rings is 3. The van der Waals surface area contributed by atoms with Gasteiger partial charge in [-0.2, -0.15) is 5.26 Å². The molecule has 35 heavy (non-hydrogen) atoms. The lowest BCUT2D eigenvalue weighted by Crippen LogP contribution is -2.38. The highest BCUT2D eigenvalue weighted by Crippen LogP contribution is 2.34. The summed E-state index contributed by atoms with van der Waals surface area (Å²) >= 11 is 0. The quantitative estimate of drug-likeness (QED) is 0.558. The maximum Gasteiger partial charge on any atom is 0.259 e. The predicted octanol–water partition coefficient (Wildman–Crippen LogP) is 5.07. The molecule has 178 valence electrons. The van der Waals surface area contributed by atoms with E-state index in [9.17, 15) is 18.8 Å². The minimum absolute atomic E-state index is 0.0359. The number of fused-ring (bicyclic) bond motifs is 1. The standard InChI is InChI=1S/C27H23F2N3O3/c28-19-5-7-25(22(29)15-19)35-20-8-11-32(12-9-20)24-6-4-17(16-30)14-23(24)31-27(33)21-3-1-2-18-10-13-34-26(18)21/h1-7,14-15,20H,8-13H2,(H,31,33). The molecule has 1 fully saturated rings. The maximum atomic E-state index is 14.0. The SMILES string of the molecule is N#Cc1ccc(N2CCC(Oc3ccc(F)cc3F)CC2)c(NC(=O)c2cccc3c2OCC3)c1. The van der Waals surface area contributed by atoms with E-state index in [-0.39, 0.29) is 17.8 Å². The van der Waals surface area contributed by atoms with E-state index >= 15 is 0 Å². The van der Waals surface area contributed by atoms with Gasteiger partial charge in [0.05, 0.1) is 35.2 Å². The first-order chi connectivity index (χ1) is 17.0. The van der Waals surface area contributed by atoms with E-state index in [0.717, 1.165) is 23.7 Å². The van der Waals surface area contributed by atoms with Crippen molar-refractivity contribution in [3.8, 4) is 17.6 Å². The van der Waals surface area contributed by atoms with Crippen LogP contribution in [0.5, 0.6) is 11.5 Å². The molecule has 0 saturated carbocycles. The fraction of sp³-hybridized carbons (Fsp3) is 0.259. The summed E-state index contributed by atoms with van der Waals surface area (Å²) in [6, 6.07) is 16.1. The number of nitrogens with one attached hydrogen (secondary N) is 1. The molecular weight excluding hydrogens is 452 g/mol. The molecular formula is C27H23F2N3O3. The van der Waals surface area contributed by atoms with Gasteiger partial charge in [-0.15, -0.1) is 0 Å². The molecule has 2 aliphatic heterocycles. The Labute approximate surface area is 201 Å². The second-order valence-corrected chi connectivity index (χ2v) is 8.57. The maximum absolute atomic E-state index is 14.0. The molecule has 2 aliphatic rings. The molecule has 1 saturated heterocycles. The van der Waals surface area contributed by atoms with Crippen molar-refractivity contribution >= 4 is 17.3 Å². The van der Waals surface area contributed by atoms with Gasteiger partial charge in [0.15, 0.2) is 11.6 Å². The number of piperidine rings is 1. The van der Waals surface area contributed by atoms with Crippen LogP contribution in [0.15, 0.2) is 54.6 Å². The molecule has 1 amide bonds. The highest BCUT2D eigenvalue weighted by Gasteiger charge is 2.25. The number of para-hydroxylation sites is 1. The molecule has 0 unspecified atom stereocenters. The topological polar surface area (TPSA) is 74.6 Å². The van der Waals surface area contributed by atoms with Crippen LogP contribution >= 0.6 is 0 Å². The van der Waals surface area contributed by atoms with Crippen molar-refractivity contribution in [3.05, 3.63) is 82.9 Å². The van der Waals surface area contributed by atoms with E-state index in [4.69, 9.17) is 9.47 Å². The van der Waals surface area contributed by atoms with Gasteiger partial charge in [-0.1, -0.05) is 12.1 Å². The minimum atomic E-state index is -0.721. The van der Waals surface area contributed by atoms with Crippen molar-refractivity contribution in [3.63, 3.8) is 0 Å². The van der Waals surface area contributed by atoms with Crippen LogP contribution < -0.4 is 19.7 Å². The Morgan fingerprint density at radius 3 is 2.71 bits per heavy atom. The summed E-state index contributed by atoms with van der Waals surface area (Å²) in [6.45, 7) is 1.76. The van der Waals surface area contributed by atoms with Crippen molar-refractivity contribution in [2.45, 2.75) is 25.4 Å². The molecule has 6 nitrogen and oxygen atoms in total. The average molecular weight is 475 g/mol. The molecule has 3 aromatic rings. The summed E-state index contributed by atoms with van der Waals surface area (Å²) in [4.78, 5) is 15.2. The zero-order valence-electron chi connectivity index (χ0n) is 18.9. The van der Waals surface area contributed by atoms with E-state index in [1.165, 1.54) is 12.1 Å². The van der Waals surface area contributed by atoms with Crippen LogP contribution in [0.3, 0.4) is 0 Å². The van der Waals surface area contributed by atoms with Gasteiger partial charge in [-0.3, -0.25) is 4.79 Å². The number of hydrogen-bond donors (Lipinski definition) is 1. The van der Waals surface area contributed by atoms with Crippen LogP contribution in [0.2, 0.25) is 0 Å². The molecule has 0 aromatic heterocycles. The number of carbonyl (C=O) groups is 1. The van der Waals surface area contributed by atoms with Crippen LogP contribution in [0, 0.1) is 23.0 Å². The number of carbonyl (C=O) groups excluding carboxylic acids is 1. The normalized spacial score (nSPS) is 15.2. The molecule has 8 heteroatoms. The van der Waals surface area contributed by atoms with Gasteiger partial charge in [-0.25, -0.2) is 8.78 Å². The fourth-order valence-corrected chi connectivity index (χ4v) is 4.53. The predicted molar refractivity (Wildman–Crippen MR) is 127 cm³/mol. The first-order valence-corrected chi connectivity index (χ1v) is 11.5. The lowest BCUT2D eigenvalue weighted by Gasteiger charge is -2.35. The van der Waals surface area contributed by atoms with E-state index in [1.54, 1.807) is 18.2 Å². The summed E-state index contributed by atoms with van der Waals surface area (Å²) < 4.78 is 38.6. The van der Waals surface area contributed by atoms with Crippen LogP contribution in [0.1, 0.15) is 34.3 Å². The Bertz CT molecular complexity index is 1310. The first-order valence-electron chi connectivity index (χ1n) is 11.5. The molecule has 0 spiro atoms. The summed E-state index contributed by atoms with van der Waals surface area (Å²) in [5.74, 6) is -1.03. The number of rotatable bonds is 5. The number of anilines is 2. The Kier molecular flexibility index (Phi) is 6.23. The number of hydrogen-bond acceptors (Lipinski definition) is 5. The molecule has 3 aromatic carbocycles. The zero-order chi connectivity index (χ0) is 24.4. The van der Waals surface area contributed by atoms with Crippen LogP contribution in [-0.4, -0.2) is 31.7 Å². The highest BCUT2D eigenvalue weighted by molar-refractivity contribution is 6.08. The number of amides is 1. The first kappa shape index (κ1) is 22.7. The van der Waals surface area contributed by atoms with E-state index in [0.29, 0.717) is 55.1 Å². The Hall–Kier alpha value is -4.12. The van der Waals surface area contributed by atoms with Crippen LogP contribution in [-0.2, 0) is 6.42 Å². The van der Waals surface area contributed by atoms with Crippen molar-refractivity contribution in [2.24, 2.45) is 0 Å². The average Bonchev–Trinajstić information content (AvgIpc) is 3.35. The van der Waals surface area contributed by atoms with Gasteiger partial charge in [0, 0.05) is 38.4 Å². The van der Waals surface area contributed by atoms with Gasteiger partial charge in [-0.05, 0) is 42.0 Å². The van der Waals surface area contributed by atoms with Gasteiger partial charge in [0.2, 0.25) is 0 Å². The second kappa shape index (κ2) is 9.63. The second-order valence-electron chi connectivity index (χ2n) is 8.57. The fourth-order valence-electron chi connectivity index (χ4n) is 4.53. The van der Waals surface area contributed by atoms with E-state index < -0.39 is 11.6 Å². The number of ether oxygens (including phenoxy) is 2. The largest absolute Gasteiger partial charge is 0.492 e. The summed E-state index contributed by atoms with van der Waals surface area (Å²) in [6.07, 6.45) is 1.78. The minimum Gasteiger partial charge on any atom is -0.492 e. The molecule has 5 rings (SSSR count). The van der Waals surface area contributed by atoms with E-state index in [2.05, 4.69) is 16.3 Å². The molecule has 0 radical (unpaired) electrons. The summed E-state index contributed by atoms with van der Waals surface area (Å²) in [5, 5.41) is 12.4. The van der Waals surface area contributed by atoms with Crippen molar-refractivity contribution in [1.82, 2.24) is 0 Å². The molecule has 0 aliphatic carbocycles. The third kappa shape index (κ3) is 4.76. The lowest BCUT2D eigenvalue weighted by atomic mass is 10.0. The monoisotopic (exact) mass is 475 g/mol. The Morgan fingerprint density at radius 2 is 1.94 bits per heavy atom. The van der Waals surface area contributed by atoms with Gasteiger partial charge >= 0.3 is 0 Å². The summed E-state index contributed by atoms with van der Waals surface area (Å²) in [5.41, 5.74) is 3.22. The Morgan fingerprint density at radius 1 is 1.11 bits per heavy atom. The molecule has 2 heterocycles. The smallest absolute Gasteiger partial charge is 0.259 e. The van der Waals surface area contributed by atoms with E-state index in [1.807, 2.05) is 18.2 Å². The van der Waals surface area contributed by atoms with Crippen molar-refractivity contribution in [2.75, 3.05) is 29.9 Å². The molecule has 0 bridgehead atoms. The number of nitriles is 1. The molecule has 1 N–H and O–H groups in total. The summed E-state index contributed by atoms with van der Waals surface area (Å²) in [7, 11) is 0.